The Balaban J connectivity index is 1.38. The zero-order valence-electron chi connectivity index (χ0n) is 21.7. The van der Waals surface area contributed by atoms with E-state index in [2.05, 4.69) is 15.5 Å². The van der Waals surface area contributed by atoms with Crippen LogP contribution in [-0.2, 0) is 16.0 Å². The first kappa shape index (κ1) is 26.3. The third-order valence-corrected chi connectivity index (χ3v) is 7.97. The number of likely N-dealkylation sites (N-methyl/N-ethyl adjacent to an activating group) is 1. The van der Waals surface area contributed by atoms with E-state index >= 15 is 0 Å². The van der Waals surface area contributed by atoms with E-state index in [1.807, 2.05) is 42.5 Å². The average molecular weight is 536 g/mol. The summed E-state index contributed by atoms with van der Waals surface area (Å²) in [5.74, 6) is -0.414. The van der Waals surface area contributed by atoms with Crippen LogP contribution >= 0.6 is 11.6 Å². The van der Waals surface area contributed by atoms with Gasteiger partial charge in [-0.05, 0) is 49.2 Å². The standard InChI is InChI=1S/C29H34ClN5O3/c1-33-24-19-35(28(37)25(24)26(32-29(33)38)21-10-12-22(30)13-11-21)23(18-20-8-4-2-5-9-20)27(36)31-14-17-34-15-6-3-7-16-34/h2,4-5,8-13,23,26H,3,6-7,14-19H2,1H3,(H,31,36)(H,32,38)/t23-,26+/m0/s1. The quantitative estimate of drug-likeness (QED) is 0.543. The van der Waals surface area contributed by atoms with Gasteiger partial charge in [0.25, 0.3) is 5.91 Å². The molecule has 0 radical (unpaired) electrons. The highest BCUT2D eigenvalue weighted by molar-refractivity contribution is 6.30. The summed E-state index contributed by atoms with van der Waals surface area (Å²) in [6.07, 6.45) is 4.04. The number of urea groups is 1. The van der Waals surface area contributed by atoms with Gasteiger partial charge in [-0.15, -0.1) is 0 Å². The molecule has 200 valence electrons. The number of benzene rings is 2. The Labute approximate surface area is 228 Å². The summed E-state index contributed by atoms with van der Waals surface area (Å²) >= 11 is 6.08. The van der Waals surface area contributed by atoms with Gasteiger partial charge in [-0.2, -0.15) is 0 Å². The number of piperidine rings is 1. The maximum atomic E-state index is 14.0. The van der Waals surface area contributed by atoms with Gasteiger partial charge in [0.15, 0.2) is 0 Å². The normalized spacial score (nSPS) is 20.8. The number of carbonyl (C=O) groups is 3. The smallest absolute Gasteiger partial charge is 0.322 e. The molecule has 0 unspecified atom stereocenters. The van der Waals surface area contributed by atoms with Crippen LogP contribution in [0.5, 0.6) is 0 Å². The topological polar surface area (TPSA) is 85.0 Å². The van der Waals surface area contributed by atoms with E-state index in [1.165, 1.54) is 24.2 Å². The number of hydrogen-bond acceptors (Lipinski definition) is 4. The number of nitrogens with one attached hydrogen (secondary N) is 2. The van der Waals surface area contributed by atoms with Crippen LogP contribution in [0.4, 0.5) is 4.79 Å². The Morgan fingerprint density at radius 3 is 2.47 bits per heavy atom. The van der Waals surface area contributed by atoms with Crippen LogP contribution in [0.1, 0.15) is 36.4 Å². The predicted molar refractivity (Wildman–Crippen MR) is 146 cm³/mol. The molecule has 0 saturated carbocycles. The fourth-order valence-corrected chi connectivity index (χ4v) is 5.69. The molecule has 2 aromatic carbocycles. The maximum absolute atomic E-state index is 14.0. The van der Waals surface area contributed by atoms with Crippen molar-refractivity contribution in [3.05, 3.63) is 82.0 Å². The summed E-state index contributed by atoms with van der Waals surface area (Å²) in [4.78, 5) is 45.9. The summed E-state index contributed by atoms with van der Waals surface area (Å²) in [7, 11) is 1.66. The van der Waals surface area contributed by atoms with E-state index in [0.717, 1.165) is 30.8 Å². The number of amides is 4. The van der Waals surface area contributed by atoms with Crippen LogP contribution < -0.4 is 10.6 Å². The van der Waals surface area contributed by atoms with Crippen molar-refractivity contribution in [3.63, 3.8) is 0 Å². The van der Waals surface area contributed by atoms with Gasteiger partial charge in [0.1, 0.15) is 6.04 Å². The molecule has 38 heavy (non-hydrogen) atoms. The number of hydrogen-bond donors (Lipinski definition) is 2. The van der Waals surface area contributed by atoms with Crippen LogP contribution in [0.25, 0.3) is 0 Å². The van der Waals surface area contributed by atoms with E-state index in [4.69, 9.17) is 11.6 Å². The Morgan fingerprint density at radius 1 is 1.05 bits per heavy atom. The van der Waals surface area contributed by atoms with Gasteiger partial charge in [0, 0.05) is 31.6 Å². The number of carbonyl (C=O) groups excluding carboxylic acids is 3. The molecule has 0 bridgehead atoms. The van der Waals surface area contributed by atoms with E-state index in [9.17, 15) is 14.4 Å². The highest BCUT2D eigenvalue weighted by Gasteiger charge is 2.46. The highest BCUT2D eigenvalue weighted by atomic mass is 35.5. The minimum Gasteiger partial charge on any atom is -0.353 e. The number of rotatable bonds is 8. The molecule has 8 nitrogen and oxygen atoms in total. The molecular formula is C29H34ClN5O3. The molecule has 3 aliphatic rings. The monoisotopic (exact) mass is 535 g/mol. The minimum atomic E-state index is -0.703. The molecule has 0 spiro atoms. The first-order valence-electron chi connectivity index (χ1n) is 13.3. The summed E-state index contributed by atoms with van der Waals surface area (Å²) < 4.78 is 0. The van der Waals surface area contributed by atoms with Crippen molar-refractivity contribution < 1.29 is 14.4 Å². The van der Waals surface area contributed by atoms with Crippen LogP contribution in [-0.4, -0.2) is 78.4 Å². The molecule has 3 aliphatic heterocycles. The van der Waals surface area contributed by atoms with Gasteiger partial charge in [-0.3, -0.25) is 14.5 Å². The Kier molecular flexibility index (Phi) is 8.00. The predicted octanol–water partition coefficient (Wildman–Crippen LogP) is 3.35. The lowest BCUT2D eigenvalue weighted by Gasteiger charge is -2.31. The van der Waals surface area contributed by atoms with Crippen LogP contribution in [0.3, 0.4) is 0 Å². The largest absolute Gasteiger partial charge is 0.353 e. The molecule has 1 fully saturated rings. The molecule has 4 amide bonds. The second-order valence-electron chi connectivity index (χ2n) is 10.2. The SMILES string of the molecule is CN1C(=O)N[C@H](c2ccc(Cl)cc2)C2=C1CN([C@@H](Cc1ccccc1)C(=O)NCCN1CCCCC1)C2=O. The third-order valence-electron chi connectivity index (χ3n) is 7.72. The van der Waals surface area contributed by atoms with E-state index in [0.29, 0.717) is 29.3 Å². The maximum Gasteiger partial charge on any atom is 0.322 e. The fourth-order valence-electron chi connectivity index (χ4n) is 5.57. The Hall–Kier alpha value is -3.36. The molecule has 3 heterocycles. The molecular weight excluding hydrogens is 502 g/mol. The second kappa shape index (κ2) is 11.6. The van der Waals surface area contributed by atoms with E-state index in [1.54, 1.807) is 24.1 Å². The second-order valence-corrected chi connectivity index (χ2v) is 10.6. The minimum absolute atomic E-state index is 0.177. The first-order chi connectivity index (χ1) is 18.4. The zero-order valence-corrected chi connectivity index (χ0v) is 22.4. The van der Waals surface area contributed by atoms with Crippen LogP contribution in [0, 0.1) is 0 Å². The van der Waals surface area contributed by atoms with Gasteiger partial charge in [0.05, 0.1) is 23.9 Å². The molecule has 1 saturated heterocycles. The van der Waals surface area contributed by atoms with Crippen molar-refractivity contribution in [2.24, 2.45) is 0 Å². The van der Waals surface area contributed by atoms with Crippen molar-refractivity contribution in [3.8, 4) is 0 Å². The van der Waals surface area contributed by atoms with E-state index < -0.39 is 12.1 Å². The lowest BCUT2D eigenvalue weighted by atomic mass is 9.95. The van der Waals surface area contributed by atoms with Crippen LogP contribution in [0.15, 0.2) is 65.9 Å². The number of likely N-dealkylation sites (tertiary alicyclic amines) is 1. The fraction of sp³-hybridized carbons (Fsp3) is 0.414. The molecule has 2 aromatic rings. The third kappa shape index (κ3) is 5.56. The summed E-state index contributed by atoms with van der Waals surface area (Å²) in [6, 6.07) is 15.2. The molecule has 9 heteroatoms. The number of nitrogens with zero attached hydrogens (tertiary/aromatic N) is 3. The summed E-state index contributed by atoms with van der Waals surface area (Å²) in [6.45, 7) is 3.65. The van der Waals surface area contributed by atoms with Crippen molar-refractivity contribution >= 4 is 29.4 Å². The van der Waals surface area contributed by atoms with Crippen molar-refractivity contribution in [1.29, 1.82) is 0 Å². The zero-order chi connectivity index (χ0) is 26.6. The average Bonchev–Trinajstić information content (AvgIpc) is 3.28. The van der Waals surface area contributed by atoms with Crippen molar-refractivity contribution in [2.45, 2.75) is 37.8 Å². The van der Waals surface area contributed by atoms with Gasteiger partial charge >= 0.3 is 6.03 Å². The molecule has 2 atom stereocenters. The van der Waals surface area contributed by atoms with E-state index in [-0.39, 0.29) is 24.4 Å². The van der Waals surface area contributed by atoms with Gasteiger partial charge < -0.3 is 20.4 Å². The summed E-state index contributed by atoms with van der Waals surface area (Å²) in [5.41, 5.74) is 2.86. The van der Waals surface area contributed by atoms with Gasteiger partial charge in [0.2, 0.25) is 5.91 Å². The lowest BCUT2D eigenvalue weighted by Crippen LogP contribution is -2.51. The molecule has 0 aliphatic carbocycles. The van der Waals surface area contributed by atoms with Crippen molar-refractivity contribution in [2.75, 3.05) is 39.8 Å². The molecule has 5 rings (SSSR count). The van der Waals surface area contributed by atoms with Crippen LogP contribution in [0.2, 0.25) is 5.02 Å². The molecule has 2 N–H and O–H groups in total. The summed E-state index contributed by atoms with van der Waals surface area (Å²) in [5, 5.41) is 6.61. The Morgan fingerprint density at radius 2 is 1.76 bits per heavy atom. The molecule has 0 aromatic heterocycles. The number of halogens is 1. The van der Waals surface area contributed by atoms with Crippen molar-refractivity contribution in [1.82, 2.24) is 25.3 Å². The first-order valence-corrected chi connectivity index (χ1v) is 13.7. The Bertz CT molecular complexity index is 1210. The highest BCUT2D eigenvalue weighted by Crippen LogP contribution is 2.37. The lowest BCUT2D eigenvalue weighted by molar-refractivity contribution is -0.136. The van der Waals surface area contributed by atoms with Gasteiger partial charge in [-0.25, -0.2) is 4.79 Å². The van der Waals surface area contributed by atoms with Gasteiger partial charge in [-0.1, -0.05) is 60.5 Å².